The van der Waals surface area contributed by atoms with Gasteiger partial charge in [0.25, 0.3) is 0 Å². The van der Waals surface area contributed by atoms with E-state index in [1.54, 1.807) is 6.08 Å². The SMILES string of the molecule is C=CCC=CCN1C(=O)C2C3C=CC(C3)C2C1=O. The molecule has 1 saturated carbocycles. The minimum absolute atomic E-state index is 0.0325. The molecule has 0 N–H and O–H groups in total. The zero-order valence-corrected chi connectivity index (χ0v) is 10.3. The first-order chi connectivity index (χ1) is 8.74. The van der Waals surface area contributed by atoms with Gasteiger partial charge in [0.05, 0.1) is 11.8 Å². The number of carbonyl (C=O) groups excluding carboxylic acids is 2. The van der Waals surface area contributed by atoms with E-state index in [0.29, 0.717) is 18.4 Å². The average Bonchev–Trinajstić information content (AvgIpc) is 3.02. The minimum atomic E-state index is -0.0692. The van der Waals surface area contributed by atoms with Crippen LogP contribution in [0.2, 0.25) is 0 Å². The van der Waals surface area contributed by atoms with E-state index in [9.17, 15) is 9.59 Å². The molecule has 94 valence electrons. The maximum atomic E-state index is 12.3. The largest absolute Gasteiger partial charge is 0.278 e. The Morgan fingerprint density at radius 2 is 1.78 bits per heavy atom. The van der Waals surface area contributed by atoms with E-state index in [2.05, 4.69) is 18.7 Å². The van der Waals surface area contributed by atoms with Crippen molar-refractivity contribution in [2.75, 3.05) is 6.54 Å². The van der Waals surface area contributed by atoms with Crippen molar-refractivity contribution in [3.8, 4) is 0 Å². The fourth-order valence-corrected chi connectivity index (χ4v) is 3.52. The van der Waals surface area contributed by atoms with E-state index in [1.165, 1.54) is 4.90 Å². The van der Waals surface area contributed by atoms with Crippen LogP contribution >= 0.6 is 0 Å². The van der Waals surface area contributed by atoms with E-state index in [-0.39, 0.29) is 23.7 Å². The standard InChI is InChI=1S/C15H17NO2/c1-2-3-4-5-8-16-14(17)12-10-6-7-11(9-10)13(12)15(16)18/h2,4-7,10-13H,1,3,8-9H2. The molecule has 0 radical (unpaired) electrons. The van der Waals surface area contributed by atoms with Crippen LogP contribution < -0.4 is 0 Å². The molecule has 1 saturated heterocycles. The lowest BCUT2D eigenvalue weighted by molar-refractivity contribution is -0.140. The van der Waals surface area contributed by atoms with Crippen LogP contribution in [0.25, 0.3) is 0 Å². The Balaban J connectivity index is 1.74. The fraction of sp³-hybridized carbons (Fsp3) is 0.467. The predicted octanol–water partition coefficient (Wildman–Crippen LogP) is 1.93. The Kier molecular flexibility index (Phi) is 2.69. The predicted molar refractivity (Wildman–Crippen MR) is 68.4 cm³/mol. The summed E-state index contributed by atoms with van der Waals surface area (Å²) in [6.07, 6.45) is 11.6. The zero-order chi connectivity index (χ0) is 12.7. The number of allylic oxidation sites excluding steroid dienone is 4. The van der Waals surface area contributed by atoms with Crippen LogP contribution in [0, 0.1) is 23.7 Å². The number of nitrogens with zero attached hydrogens (tertiary/aromatic N) is 1. The molecule has 1 aliphatic heterocycles. The van der Waals surface area contributed by atoms with Crippen molar-refractivity contribution in [2.24, 2.45) is 23.7 Å². The van der Waals surface area contributed by atoms with E-state index in [1.807, 2.05) is 12.2 Å². The van der Waals surface area contributed by atoms with Gasteiger partial charge in [0, 0.05) is 6.54 Å². The Morgan fingerprint density at radius 1 is 1.17 bits per heavy atom. The molecular formula is C15H17NO2. The second-order valence-corrected chi connectivity index (χ2v) is 5.28. The number of carbonyl (C=O) groups is 2. The minimum Gasteiger partial charge on any atom is -0.278 e. The number of imide groups is 1. The lowest BCUT2D eigenvalue weighted by Gasteiger charge is -2.14. The maximum absolute atomic E-state index is 12.3. The average molecular weight is 243 g/mol. The first-order valence-electron chi connectivity index (χ1n) is 6.53. The first kappa shape index (κ1) is 11.5. The molecular weight excluding hydrogens is 226 g/mol. The molecule has 4 unspecified atom stereocenters. The smallest absolute Gasteiger partial charge is 0.234 e. The van der Waals surface area contributed by atoms with Gasteiger partial charge in [0.2, 0.25) is 11.8 Å². The third-order valence-electron chi connectivity index (χ3n) is 4.32. The van der Waals surface area contributed by atoms with E-state index >= 15 is 0 Å². The molecule has 2 fully saturated rings. The van der Waals surface area contributed by atoms with Gasteiger partial charge >= 0.3 is 0 Å². The van der Waals surface area contributed by atoms with Crippen molar-refractivity contribution in [1.29, 1.82) is 0 Å². The van der Waals surface area contributed by atoms with Crippen molar-refractivity contribution in [3.05, 3.63) is 37.0 Å². The van der Waals surface area contributed by atoms with Crippen LogP contribution in [-0.4, -0.2) is 23.3 Å². The molecule has 0 aromatic carbocycles. The summed E-state index contributed by atoms with van der Waals surface area (Å²) < 4.78 is 0. The normalized spacial score (nSPS) is 37.0. The van der Waals surface area contributed by atoms with Crippen molar-refractivity contribution in [3.63, 3.8) is 0 Å². The Hall–Kier alpha value is -1.64. The lowest BCUT2D eigenvalue weighted by Crippen LogP contribution is -2.33. The summed E-state index contributed by atoms with van der Waals surface area (Å²) in [6.45, 7) is 4.04. The molecule has 3 nitrogen and oxygen atoms in total. The van der Waals surface area contributed by atoms with Crippen molar-refractivity contribution < 1.29 is 9.59 Å². The van der Waals surface area contributed by atoms with Crippen LogP contribution in [0.5, 0.6) is 0 Å². The third kappa shape index (κ3) is 1.50. The van der Waals surface area contributed by atoms with Gasteiger partial charge in [-0.2, -0.15) is 0 Å². The highest BCUT2D eigenvalue weighted by molar-refractivity contribution is 6.06. The first-order valence-corrected chi connectivity index (χ1v) is 6.53. The summed E-state index contributed by atoms with van der Waals surface area (Å²) in [7, 11) is 0. The van der Waals surface area contributed by atoms with Gasteiger partial charge in [0.15, 0.2) is 0 Å². The fourth-order valence-electron chi connectivity index (χ4n) is 3.52. The number of likely N-dealkylation sites (tertiary alicyclic amines) is 1. The van der Waals surface area contributed by atoms with Gasteiger partial charge in [-0.05, 0) is 24.7 Å². The second-order valence-electron chi connectivity index (χ2n) is 5.28. The Morgan fingerprint density at radius 3 is 2.33 bits per heavy atom. The summed E-state index contributed by atoms with van der Waals surface area (Å²) >= 11 is 0. The number of hydrogen-bond donors (Lipinski definition) is 0. The van der Waals surface area contributed by atoms with Crippen molar-refractivity contribution >= 4 is 11.8 Å². The van der Waals surface area contributed by atoms with Gasteiger partial charge < -0.3 is 0 Å². The van der Waals surface area contributed by atoms with Crippen LogP contribution in [0.4, 0.5) is 0 Å². The molecule has 3 aliphatic rings. The number of rotatable bonds is 4. The topological polar surface area (TPSA) is 37.4 Å². The molecule has 2 aliphatic carbocycles. The maximum Gasteiger partial charge on any atom is 0.234 e. The van der Waals surface area contributed by atoms with Gasteiger partial charge in [-0.15, -0.1) is 6.58 Å². The summed E-state index contributed by atoms with van der Waals surface area (Å²) in [5.74, 6) is 0.535. The monoisotopic (exact) mass is 243 g/mol. The summed E-state index contributed by atoms with van der Waals surface area (Å²) in [6, 6.07) is 0. The molecule has 2 amide bonds. The number of fused-ring (bicyclic) bond motifs is 5. The number of hydrogen-bond acceptors (Lipinski definition) is 2. The Labute approximate surface area is 107 Å². The molecule has 4 atom stereocenters. The van der Waals surface area contributed by atoms with Gasteiger partial charge in [-0.1, -0.05) is 30.4 Å². The summed E-state index contributed by atoms with van der Waals surface area (Å²) in [4.78, 5) is 26.0. The quantitative estimate of drug-likeness (QED) is 0.559. The third-order valence-corrected chi connectivity index (χ3v) is 4.32. The van der Waals surface area contributed by atoms with Crippen molar-refractivity contribution in [1.82, 2.24) is 4.90 Å². The zero-order valence-electron chi connectivity index (χ0n) is 10.3. The van der Waals surface area contributed by atoms with Crippen LogP contribution in [0.1, 0.15) is 12.8 Å². The van der Waals surface area contributed by atoms with Gasteiger partial charge in [-0.25, -0.2) is 0 Å². The molecule has 18 heavy (non-hydrogen) atoms. The van der Waals surface area contributed by atoms with Gasteiger partial charge in [-0.3, -0.25) is 14.5 Å². The lowest BCUT2D eigenvalue weighted by atomic mass is 9.85. The molecule has 0 spiro atoms. The highest BCUT2D eigenvalue weighted by atomic mass is 16.2. The molecule has 1 heterocycles. The van der Waals surface area contributed by atoms with E-state index in [4.69, 9.17) is 0 Å². The molecule has 3 heteroatoms. The van der Waals surface area contributed by atoms with Gasteiger partial charge in [0.1, 0.15) is 0 Å². The molecule has 0 aromatic rings. The second kappa shape index (κ2) is 4.23. The van der Waals surface area contributed by atoms with E-state index in [0.717, 1.165) is 12.8 Å². The summed E-state index contributed by atoms with van der Waals surface area (Å²) in [5, 5.41) is 0. The van der Waals surface area contributed by atoms with Crippen LogP contribution in [0.15, 0.2) is 37.0 Å². The molecule has 3 rings (SSSR count). The molecule has 2 bridgehead atoms. The highest BCUT2D eigenvalue weighted by Crippen LogP contribution is 2.52. The van der Waals surface area contributed by atoms with Crippen LogP contribution in [-0.2, 0) is 9.59 Å². The summed E-state index contributed by atoms with van der Waals surface area (Å²) in [5.41, 5.74) is 0. The van der Waals surface area contributed by atoms with Crippen LogP contribution in [0.3, 0.4) is 0 Å². The highest BCUT2D eigenvalue weighted by Gasteiger charge is 2.58. The van der Waals surface area contributed by atoms with Crippen molar-refractivity contribution in [2.45, 2.75) is 12.8 Å². The molecule has 0 aromatic heterocycles. The Bertz CT molecular complexity index is 433. The number of amides is 2. The van der Waals surface area contributed by atoms with E-state index < -0.39 is 0 Å².